The summed E-state index contributed by atoms with van der Waals surface area (Å²) >= 11 is 0. The van der Waals surface area contributed by atoms with Gasteiger partial charge >= 0.3 is 5.97 Å². The summed E-state index contributed by atoms with van der Waals surface area (Å²) in [6, 6.07) is 17.7. The summed E-state index contributed by atoms with van der Waals surface area (Å²) in [4.78, 5) is 11.5. The third-order valence-corrected chi connectivity index (χ3v) is 3.70. The number of carbonyl (C=O) groups is 1. The molecule has 2 aromatic rings. The molecule has 1 aliphatic carbocycles. The second kappa shape index (κ2) is 7.63. The standard InChI is InChI=1S/C20H20O3/c21-20(23-15-18-6-7-18)13-10-16-8-11-19(12-9-16)22-14-17-4-2-1-3-5-17/h1-5,8-13,18H,6-7,14-15H2/b13-10+. The van der Waals surface area contributed by atoms with Gasteiger partial charge in [0.2, 0.25) is 0 Å². The van der Waals surface area contributed by atoms with Crippen molar-refractivity contribution in [3.8, 4) is 5.75 Å². The summed E-state index contributed by atoms with van der Waals surface area (Å²) in [7, 11) is 0. The summed E-state index contributed by atoms with van der Waals surface area (Å²) in [6.45, 7) is 1.10. The number of carbonyl (C=O) groups excluding carboxylic acids is 1. The Hall–Kier alpha value is -2.55. The normalized spacial score (nSPS) is 13.9. The SMILES string of the molecule is O=C(/C=C/c1ccc(OCc2ccccc2)cc1)OCC1CC1. The molecule has 3 rings (SSSR count). The minimum Gasteiger partial charge on any atom is -0.489 e. The van der Waals surface area contributed by atoms with Crippen molar-refractivity contribution in [3.63, 3.8) is 0 Å². The molecule has 1 fully saturated rings. The fourth-order valence-corrected chi connectivity index (χ4v) is 2.11. The number of hydrogen-bond donors (Lipinski definition) is 0. The van der Waals surface area contributed by atoms with E-state index in [1.165, 1.54) is 18.9 Å². The highest BCUT2D eigenvalue weighted by Crippen LogP contribution is 2.28. The number of ether oxygens (including phenoxy) is 2. The molecular weight excluding hydrogens is 288 g/mol. The Kier molecular flexibility index (Phi) is 5.09. The Morgan fingerprint density at radius 3 is 2.48 bits per heavy atom. The molecule has 0 radical (unpaired) electrons. The Bertz CT molecular complexity index is 655. The van der Waals surface area contributed by atoms with E-state index in [1.807, 2.05) is 54.6 Å². The van der Waals surface area contributed by atoms with Gasteiger partial charge in [-0.15, -0.1) is 0 Å². The zero-order valence-corrected chi connectivity index (χ0v) is 13.0. The van der Waals surface area contributed by atoms with Crippen LogP contribution in [0.4, 0.5) is 0 Å². The average molecular weight is 308 g/mol. The van der Waals surface area contributed by atoms with Crippen LogP contribution in [0.3, 0.4) is 0 Å². The summed E-state index contributed by atoms with van der Waals surface area (Å²) in [6.07, 6.45) is 5.60. The summed E-state index contributed by atoms with van der Waals surface area (Å²) in [5.41, 5.74) is 2.08. The molecule has 0 aromatic heterocycles. The molecule has 1 aliphatic rings. The van der Waals surface area contributed by atoms with E-state index in [4.69, 9.17) is 9.47 Å². The lowest BCUT2D eigenvalue weighted by Gasteiger charge is -2.06. The molecule has 0 unspecified atom stereocenters. The Labute approximate surface area is 136 Å². The highest BCUT2D eigenvalue weighted by atomic mass is 16.5. The van der Waals surface area contributed by atoms with Gasteiger partial charge in [-0.05, 0) is 48.1 Å². The molecule has 0 aliphatic heterocycles. The fourth-order valence-electron chi connectivity index (χ4n) is 2.11. The van der Waals surface area contributed by atoms with Gasteiger partial charge in [0, 0.05) is 6.08 Å². The van der Waals surface area contributed by atoms with Crippen LogP contribution in [-0.2, 0) is 16.1 Å². The van der Waals surface area contributed by atoms with Gasteiger partial charge < -0.3 is 9.47 Å². The maximum atomic E-state index is 11.5. The monoisotopic (exact) mass is 308 g/mol. The number of benzene rings is 2. The van der Waals surface area contributed by atoms with Crippen LogP contribution in [0.5, 0.6) is 5.75 Å². The van der Waals surface area contributed by atoms with E-state index in [0.717, 1.165) is 16.9 Å². The smallest absolute Gasteiger partial charge is 0.330 e. The maximum absolute atomic E-state index is 11.5. The fraction of sp³-hybridized carbons (Fsp3) is 0.250. The first-order valence-electron chi connectivity index (χ1n) is 7.91. The molecule has 0 amide bonds. The minimum absolute atomic E-state index is 0.277. The van der Waals surface area contributed by atoms with Crippen molar-refractivity contribution >= 4 is 12.0 Å². The van der Waals surface area contributed by atoms with E-state index < -0.39 is 0 Å². The van der Waals surface area contributed by atoms with Gasteiger partial charge in [-0.25, -0.2) is 4.79 Å². The molecule has 0 heterocycles. The number of rotatable bonds is 7. The molecule has 0 N–H and O–H groups in total. The Balaban J connectivity index is 1.47. The van der Waals surface area contributed by atoms with Crippen molar-refractivity contribution in [2.24, 2.45) is 5.92 Å². The van der Waals surface area contributed by atoms with Crippen LogP contribution in [0.2, 0.25) is 0 Å². The first-order chi connectivity index (χ1) is 11.3. The molecule has 3 heteroatoms. The topological polar surface area (TPSA) is 35.5 Å². The molecule has 0 saturated heterocycles. The minimum atomic E-state index is -0.277. The van der Waals surface area contributed by atoms with Gasteiger partial charge in [0.25, 0.3) is 0 Å². The average Bonchev–Trinajstić information content (AvgIpc) is 3.42. The third-order valence-electron chi connectivity index (χ3n) is 3.70. The van der Waals surface area contributed by atoms with E-state index in [2.05, 4.69) is 0 Å². The van der Waals surface area contributed by atoms with Gasteiger partial charge in [0.05, 0.1) is 6.61 Å². The molecular formula is C20H20O3. The van der Waals surface area contributed by atoms with Crippen LogP contribution in [-0.4, -0.2) is 12.6 Å². The van der Waals surface area contributed by atoms with Crippen molar-refractivity contribution in [3.05, 3.63) is 71.8 Å². The zero-order valence-electron chi connectivity index (χ0n) is 13.0. The summed E-state index contributed by atoms with van der Waals surface area (Å²) in [5, 5.41) is 0. The molecule has 3 nitrogen and oxygen atoms in total. The van der Waals surface area contributed by atoms with E-state index in [9.17, 15) is 4.79 Å². The first kappa shape index (κ1) is 15.3. The molecule has 0 bridgehead atoms. The Morgan fingerprint density at radius 2 is 1.78 bits per heavy atom. The second-order valence-electron chi connectivity index (χ2n) is 5.75. The van der Waals surface area contributed by atoms with Crippen LogP contribution in [0.1, 0.15) is 24.0 Å². The number of hydrogen-bond acceptors (Lipinski definition) is 3. The third kappa shape index (κ3) is 5.29. The van der Waals surface area contributed by atoms with Crippen LogP contribution in [0.25, 0.3) is 6.08 Å². The maximum Gasteiger partial charge on any atom is 0.330 e. The van der Waals surface area contributed by atoms with Crippen molar-refractivity contribution in [1.82, 2.24) is 0 Å². The van der Waals surface area contributed by atoms with Crippen LogP contribution >= 0.6 is 0 Å². The van der Waals surface area contributed by atoms with Gasteiger partial charge in [-0.2, -0.15) is 0 Å². The van der Waals surface area contributed by atoms with Gasteiger partial charge in [-0.3, -0.25) is 0 Å². The molecule has 118 valence electrons. The van der Waals surface area contributed by atoms with Crippen molar-refractivity contribution in [2.75, 3.05) is 6.61 Å². The molecule has 0 atom stereocenters. The second-order valence-corrected chi connectivity index (χ2v) is 5.75. The summed E-state index contributed by atoms with van der Waals surface area (Å²) < 4.78 is 10.9. The van der Waals surface area contributed by atoms with Crippen molar-refractivity contribution < 1.29 is 14.3 Å². The zero-order chi connectivity index (χ0) is 15.9. The van der Waals surface area contributed by atoms with Crippen molar-refractivity contribution in [2.45, 2.75) is 19.4 Å². The van der Waals surface area contributed by atoms with Gasteiger partial charge in [-0.1, -0.05) is 42.5 Å². The number of esters is 1. The van der Waals surface area contributed by atoms with Gasteiger partial charge in [0.1, 0.15) is 12.4 Å². The van der Waals surface area contributed by atoms with Crippen LogP contribution < -0.4 is 4.74 Å². The lowest BCUT2D eigenvalue weighted by Crippen LogP contribution is -2.03. The molecule has 2 aromatic carbocycles. The predicted molar refractivity (Wildman–Crippen MR) is 89.9 cm³/mol. The highest BCUT2D eigenvalue weighted by Gasteiger charge is 2.22. The Morgan fingerprint density at radius 1 is 1.04 bits per heavy atom. The molecule has 1 saturated carbocycles. The van der Waals surface area contributed by atoms with Crippen molar-refractivity contribution in [1.29, 1.82) is 0 Å². The molecule has 23 heavy (non-hydrogen) atoms. The van der Waals surface area contributed by atoms with E-state index in [1.54, 1.807) is 6.08 Å². The summed E-state index contributed by atoms with van der Waals surface area (Å²) in [5.74, 6) is 1.12. The van der Waals surface area contributed by atoms with E-state index in [-0.39, 0.29) is 5.97 Å². The van der Waals surface area contributed by atoms with E-state index >= 15 is 0 Å². The quantitative estimate of drug-likeness (QED) is 0.567. The van der Waals surface area contributed by atoms with Crippen LogP contribution in [0, 0.1) is 5.92 Å². The van der Waals surface area contributed by atoms with E-state index in [0.29, 0.717) is 19.1 Å². The van der Waals surface area contributed by atoms with Gasteiger partial charge in [0.15, 0.2) is 0 Å². The molecule has 0 spiro atoms. The lowest BCUT2D eigenvalue weighted by atomic mass is 10.2. The first-order valence-corrected chi connectivity index (χ1v) is 7.91. The van der Waals surface area contributed by atoms with Crippen LogP contribution in [0.15, 0.2) is 60.7 Å². The highest BCUT2D eigenvalue weighted by molar-refractivity contribution is 5.87. The lowest BCUT2D eigenvalue weighted by molar-refractivity contribution is -0.138. The largest absolute Gasteiger partial charge is 0.489 e. The predicted octanol–water partition coefficient (Wildman–Crippen LogP) is 4.23.